The minimum atomic E-state index is -0.338. The van der Waals surface area contributed by atoms with E-state index in [1.807, 2.05) is 13.0 Å². The van der Waals surface area contributed by atoms with Crippen LogP contribution in [0.5, 0.6) is 0 Å². The van der Waals surface area contributed by atoms with Gasteiger partial charge in [-0.25, -0.2) is 0 Å². The van der Waals surface area contributed by atoms with Gasteiger partial charge in [0.1, 0.15) is 11.6 Å². The molecule has 0 aromatic carbocycles. The van der Waals surface area contributed by atoms with E-state index in [-0.39, 0.29) is 11.5 Å². The first-order valence-electron chi connectivity index (χ1n) is 8.11. The van der Waals surface area contributed by atoms with E-state index in [0.717, 1.165) is 39.0 Å². The molecule has 126 valence electrons. The van der Waals surface area contributed by atoms with Crippen LogP contribution < -0.4 is 10.6 Å². The first-order valence-corrected chi connectivity index (χ1v) is 8.11. The summed E-state index contributed by atoms with van der Waals surface area (Å²) in [4.78, 5) is 14.1. The predicted molar refractivity (Wildman–Crippen MR) is 88.2 cm³/mol. The van der Waals surface area contributed by atoms with Crippen LogP contribution >= 0.6 is 0 Å². The Balaban J connectivity index is 3.92. The number of carbonyl (C=O) groups excluding carboxylic acids is 1. The maximum atomic E-state index is 11.8. The SMILES string of the molecule is CCOCCCNC(=O)/C(C#N)=C\NCCCN(CC)CC. The fraction of sp³-hybridized carbons (Fsp3) is 0.750. The Hall–Kier alpha value is -1.58. The molecule has 0 spiro atoms. The molecule has 0 fully saturated rings. The number of hydrogen-bond acceptors (Lipinski definition) is 5. The van der Waals surface area contributed by atoms with E-state index >= 15 is 0 Å². The van der Waals surface area contributed by atoms with Gasteiger partial charge in [0.05, 0.1) is 0 Å². The molecular formula is C16H30N4O2. The molecule has 22 heavy (non-hydrogen) atoms. The van der Waals surface area contributed by atoms with Gasteiger partial charge in [0.15, 0.2) is 0 Å². The van der Waals surface area contributed by atoms with Crippen molar-refractivity contribution in [1.29, 1.82) is 5.26 Å². The molecule has 0 aliphatic heterocycles. The summed E-state index contributed by atoms with van der Waals surface area (Å²) in [6.07, 6.45) is 3.22. The zero-order chi connectivity index (χ0) is 16.6. The van der Waals surface area contributed by atoms with E-state index in [0.29, 0.717) is 19.8 Å². The summed E-state index contributed by atoms with van der Waals surface area (Å²) in [5, 5.41) is 14.8. The maximum Gasteiger partial charge on any atom is 0.263 e. The molecule has 0 unspecified atom stereocenters. The highest BCUT2D eigenvalue weighted by molar-refractivity contribution is 5.97. The summed E-state index contributed by atoms with van der Waals surface area (Å²) in [7, 11) is 0. The van der Waals surface area contributed by atoms with Crippen LogP contribution in [0.2, 0.25) is 0 Å². The third-order valence-electron chi connectivity index (χ3n) is 3.26. The summed E-state index contributed by atoms with van der Waals surface area (Å²) in [6.45, 7) is 11.9. The molecule has 0 aliphatic rings. The van der Waals surface area contributed by atoms with Crippen LogP contribution in [0.25, 0.3) is 0 Å². The van der Waals surface area contributed by atoms with Crippen LogP contribution in [-0.2, 0) is 9.53 Å². The number of rotatable bonds is 13. The van der Waals surface area contributed by atoms with Crippen molar-refractivity contribution in [2.75, 3.05) is 45.9 Å². The van der Waals surface area contributed by atoms with Crippen LogP contribution in [0.15, 0.2) is 11.8 Å². The van der Waals surface area contributed by atoms with Gasteiger partial charge in [0, 0.05) is 32.5 Å². The van der Waals surface area contributed by atoms with Gasteiger partial charge in [-0.3, -0.25) is 4.79 Å². The van der Waals surface area contributed by atoms with Crippen LogP contribution in [0.1, 0.15) is 33.6 Å². The lowest BCUT2D eigenvalue weighted by Crippen LogP contribution is -2.28. The number of nitrogens with zero attached hydrogens (tertiary/aromatic N) is 2. The largest absolute Gasteiger partial charge is 0.390 e. The molecule has 0 aliphatic carbocycles. The van der Waals surface area contributed by atoms with Crippen molar-refractivity contribution in [2.45, 2.75) is 33.6 Å². The quantitative estimate of drug-likeness (QED) is 0.304. The minimum absolute atomic E-state index is 0.110. The van der Waals surface area contributed by atoms with Crippen molar-refractivity contribution in [3.8, 4) is 6.07 Å². The molecule has 0 rings (SSSR count). The second-order valence-electron chi connectivity index (χ2n) is 4.81. The van der Waals surface area contributed by atoms with Gasteiger partial charge in [-0.2, -0.15) is 5.26 Å². The van der Waals surface area contributed by atoms with E-state index in [9.17, 15) is 4.79 Å². The first kappa shape index (κ1) is 20.4. The zero-order valence-corrected chi connectivity index (χ0v) is 14.2. The topological polar surface area (TPSA) is 77.4 Å². The van der Waals surface area contributed by atoms with Crippen LogP contribution in [0.3, 0.4) is 0 Å². The van der Waals surface area contributed by atoms with Gasteiger partial charge in [-0.1, -0.05) is 13.8 Å². The van der Waals surface area contributed by atoms with Gasteiger partial charge >= 0.3 is 0 Å². The van der Waals surface area contributed by atoms with Crippen molar-refractivity contribution in [3.05, 3.63) is 11.8 Å². The lowest BCUT2D eigenvalue weighted by Gasteiger charge is -2.17. The maximum absolute atomic E-state index is 11.8. The Bertz CT molecular complexity index is 360. The second-order valence-corrected chi connectivity index (χ2v) is 4.81. The fourth-order valence-corrected chi connectivity index (χ4v) is 1.88. The van der Waals surface area contributed by atoms with Gasteiger partial charge < -0.3 is 20.3 Å². The van der Waals surface area contributed by atoms with Crippen LogP contribution in [-0.4, -0.2) is 56.7 Å². The molecule has 0 aromatic rings. The Labute approximate surface area is 134 Å². The average molecular weight is 310 g/mol. The van der Waals surface area contributed by atoms with E-state index < -0.39 is 0 Å². The van der Waals surface area contributed by atoms with Crippen LogP contribution in [0, 0.1) is 11.3 Å². The Morgan fingerprint density at radius 1 is 1.23 bits per heavy atom. The van der Waals surface area contributed by atoms with E-state index in [1.54, 1.807) is 0 Å². The lowest BCUT2D eigenvalue weighted by molar-refractivity contribution is -0.117. The molecule has 0 bridgehead atoms. The van der Waals surface area contributed by atoms with E-state index in [4.69, 9.17) is 10.00 Å². The fourth-order valence-electron chi connectivity index (χ4n) is 1.88. The summed E-state index contributed by atoms with van der Waals surface area (Å²) in [5.74, 6) is -0.338. The van der Waals surface area contributed by atoms with Crippen molar-refractivity contribution >= 4 is 5.91 Å². The first-order chi connectivity index (χ1) is 10.7. The summed E-state index contributed by atoms with van der Waals surface area (Å²) >= 11 is 0. The van der Waals surface area contributed by atoms with Gasteiger partial charge in [0.25, 0.3) is 5.91 Å². The smallest absolute Gasteiger partial charge is 0.263 e. The Morgan fingerprint density at radius 3 is 2.55 bits per heavy atom. The highest BCUT2D eigenvalue weighted by atomic mass is 16.5. The minimum Gasteiger partial charge on any atom is -0.390 e. The summed E-state index contributed by atoms with van der Waals surface area (Å²) in [6, 6.07) is 1.92. The Morgan fingerprint density at radius 2 is 1.95 bits per heavy atom. The zero-order valence-electron chi connectivity index (χ0n) is 14.2. The second kappa shape index (κ2) is 14.4. The third kappa shape index (κ3) is 10.2. The van der Waals surface area contributed by atoms with Gasteiger partial charge in [-0.05, 0) is 39.4 Å². The number of nitriles is 1. The summed E-state index contributed by atoms with van der Waals surface area (Å²) < 4.78 is 5.18. The molecule has 2 N–H and O–H groups in total. The normalized spacial score (nSPS) is 11.3. The van der Waals surface area contributed by atoms with Crippen molar-refractivity contribution in [2.24, 2.45) is 0 Å². The number of ether oxygens (including phenoxy) is 1. The van der Waals surface area contributed by atoms with Crippen molar-refractivity contribution in [1.82, 2.24) is 15.5 Å². The lowest BCUT2D eigenvalue weighted by atomic mass is 10.3. The third-order valence-corrected chi connectivity index (χ3v) is 3.26. The van der Waals surface area contributed by atoms with Crippen molar-refractivity contribution < 1.29 is 9.53 Å². The number of hydrogen-bond donors (Lipinski definition) is 2. The molecular weight excluding hydrogens is 280 g/mol. The van der Waals surface area contributed by atoms with Gasteiger partial charge in [-0.15, -0.1) is 0 Å². The molecule has 0 atom stereocenters. The molecule has 6 heteroatoms. The molecule has 0 saturated heterocycles. The monoisotopic (exact) mass is 310 g/mol. The number of amides is 1. The van der Waals surface area contributed by atoms with Crippen molar-refractivity contribution in [3.63, 3.8) is 0 Å². The van der Waals surface area contributed by atoms with E-state index in [1.165, 1.54) is 6.20 Å². The molecule has 0 aromatic heterocycles. The average Bonchev–Trinajstić information content (AvgIpc) is 2.54. The molecule has 0 heterocycles. The van der Waals surface area contributed by atoms with Gasteiger partial charge in [0.2, 0.25) is 0 Å². The molecule has 1 amide bonds. The highest BCUT2D eigenvalue weighted by Crippen LogP contribution is 1.93. The standard InChI is InChI=1S/C16H30N4O2/c1-4-20(5-2)11-7-9-18-14-15(13-17)16(21)19-10-8-12-22-6-3/h14,18H,4-12H2,1-3H3,(H,19,21)/b15-14-. The van der Waals surface area contributed by atoms with Crippen LogP contribution in [0.4, 0.5) is 0 Å². The molecule has 6 nitrogen and oxygen atoms in total. The summed E-state index contributed by atoms with van der Waals surface area (Å²) in [5.41, 5.74) is 0.110. The number of nitrogens with one attached hydrogen (secondary N) is 2. The molecule has 0 radical (unpaired) electrons. The Kier molecular flexibility index (Phi) is 13.3. The predicted octanol–water partition coefficient (Wildman–Crippen LogP) is 1.26. The molecule has 0 saturated carbocycles. The number of carbonyl (C=O) groups is 1. The van der Waals surface area contributed by atoms with E-state index in [2.05, 4.69) is 29.4 Å². The highest BCUT2D eigenvalue weighted by Gasteiger charge is 2.07.